The molecule has 1 aromatic rings. The summed E-state index contributed by atoms with van der Waals surface area (Å²) in [5.41, 5.74) is 1.49. The molecule has 7 heteroatoms. The lowest BCUT2D eigenvalue weighted by atomic mass is 9.89. The molecule has 1 saturated carbocycles. The van der Waals surface area contributed by atoms with Crippen molar-refractivity contribution in [1.82, 2.24) is 10.6 Å². The normalized spacial score (nSPS) is 17.0. The van der Waals surface area contributed by atoms with Gasteiger partial charge in [0.15, 0.2) is 15.8 Å². The summed E-state index contributed by atoms with van der Waals surface area (Å²) in [6.07, 6.45) is 7.26. The molecule has 1 aliphatic carbocycles. The number of sulfone groups is 1. The van der Waals surface area contributed by atoms with E-state index in [4.69, 9.17) is 0 Å². The van der Waals surface area contributed by atoms with E-state index >= 15 is 0 Å². The van der Waals surface area contributed by atoms with E-state index in [1.54, 1.807) is 19.2 Å². The highest BCUT2D eigenvalue weighted by molar-refractivity contribution is 14.0. The second-order valence-corrected chi connectivity index (χ2v) is 9.05. The minimum absolute atomic E-state index is 0. The second kappa shape index (κ2) is 9.75. The van der Waals surface area contributed by atoms with Gasteiger partial charge in [-0.1, -0.05) is 31.9 Å². The van der Waals surface area contributed by atoms with Gasteiger partial charge in [0.1, 0.15) is 0 Å². The van der Waals surface area contributed by atoms with Crippen molar-refractivity contribution in [2.75, 3.05) is 26.4 Å². The zero-order chi connectivity index (χ0) is 17.6. The van der Waals surface area contributed by atoms with Crippen LogP contribution < -0.4 is 10.6 Å². The van der Waals surface area contributed by atoms with Crippen molar-refractivity contribution in [2.45, 2.75) is 43.9 Å². The number of rotatable bonds is 6. The van der Waals surface area contributed by atoms with Crippen molar-refractivity contribution in [2.24, 2.45) is 10.4 Å². The number of guanidine groups is 1. The summed E-state index contributed by atoms with van der Waals surface area (Å²) in [5, 5.41) is 6.75. The summed E-state index contributed by atoms with van der Waals surface area (Å²) >= 11 is 0. The highest BCUT2D eigenvalue weighted by Gasteiger charge is 2.28. The third kappa shape index (κ3) is 7.13. The maximum Gasteiger partial charge on any atom is 0.191 e. The molecule has 1 aliphatic rings. The first-order valence-electron chi connectivity index (χ1n) is 8.56. The molecule has 0 aliphatic heterocycles. The zero-order valence-electron chi connectivity index (χ0n) is 15.3. The average molecular weight is 479 g/mol. The Kier molecular flexibility index (Phi) is 8.67. The molecule has 1 fully saturated rings. The van der Waals surface area contributed by atoms with Crippen molar-refractivity contribution in [1.29, 1.82) is 0 Å². The molecule has 0 spiro atoms. The van der Waals surface area contributed by atoms with Gasteiger partial charge in [-0.3, -0.25) is 4.99 Å². The first kappa shape index (κ1) is 22.2. The van der Waals surface area contributed by atoms with Crippen LogP contribution in [0.5, 0.6) is 0 Å². The Balaban J connectivity index is 0.00000312. The van der Waals surface area contributed by atoms with Gasteiger partial charge in [0.25, 0.3) is 0 Å². The maximum atomic E-state index is 11.5. The largest absolute Gasteiger partial charge is 0.356 e. The molecule has 2 rings (SSSR count). The van der Waals surface area contributed by atoms with Crippen molar-refractivity contribution >= 4 is 39.8 Å². The highest BCUT2D eigenvalue weighted by Crippen LogP contribution is 2.36. The Hall–Kier alpha value is -0.830. The molecule has 0 aromatic heterocycles. The van der Waals surface area contributed by atoms with E-state index in [0.717, 1.165) is 31.0 Å². The lowest BCUT2D eigenvalue weighted by Gasteiger charge is -2.25. The molecule has 5 nitrogen and oxygen atoms in total. The van der Waals surface area contributed by atoms with E-state index in [0.29, 0.717) is 10.3 Å². The van der Waals surface area contributed by atoms with Gasteiger partial charge in [-0.15, -0.1) is 24.0 Å². The Morgan fingerprint density at radius 3 is 2.28 bits per heavy atom. The van der Waals surface area contributed by atoms with Crippen molar-refractivity contribution in [3.63, 3.8) is 0 Å². The van der Waals surface area contributed by atoms with Gasteiger partial charge in [0, 0.05) is 26.4 Å². The number of halogens is 1. The third-order valence-corrected chi connectivity index (χ3v) is 5.90. The Labute approximate surface area is 169 Å². The lowest BCUT2D eigenvalue weighted by Crippen LogP contribution is -2.42. The fraction of sp³-hybridized carbons (Fsp3) is 0.611. The lowest BCUT2D eigenvalue weighted by molar-refractivity contribution is 0.334. The quantitative estimate of drug-likeness (QED) is 0.374. The van der Waals surface area contributed by atoms with Crippen LogP contribution in [0.25, 0.3) is 0 Å². The van der Waals surface area contributed by atoms with Gasteiger partial charge in [-0.05, 0) is 42.4 Å². The summed E-state index contributed by atoms with van der Waals surface area (Å²) < 4.78 is 22.9. The molecule has 25 heavy (non-hydrogen) atoms. The monoisotopic (exact) mass is 479 g/mol. The van der Waals surface area contributed by atoms with Crippen LogP contribution in [0.3, 0.4) is 0 Å². The van der Waals surface area contributed by atoms with Crippen LogP contribution >= 0.6 is 24.0 Å². The van der Waals surface area contributed by atoms with E-state index < -0.39 is 9.84 Å². The summed E-state index contributed by atoms with van der Waals surface area (Å²) in [4.78, 5) is 4.64. The number of hydrogen-bond donors (Lipinski definition) is 2. The summed E-state index contributed by atoms with van der Waals surface area (Å²) in [6, 6.07) is 7.07. The van der Waals surface area contributed by atoms with Crippen LogP contribution in [0.4, 0.5) is 0 Å². The number of hydrogen-bond acceptors (Lipinski definition) is 3. The zero-order valence-corrected chi connectivity index (χ0v) is 18.5. The number of nitrogens with one attached hydrogen (secondary N) is 2. The van der Waals surface area contributed by atoms with E-state index in [1.165, 1.54) is 31.9 Å². The van der Waals surface area contributed by atoms with E-state index in [2.05, 4.69) is 22.5 Å². The van der Waals surface area contributed by atoms with Crippen LogP contribution in [0.1, 0.15) is 38.2 Å². The number of nitrogens with zero attached hydrogens (tertiary/aromatic N) is 1. The summed E-state index contributed by atoms with van der Waals surface area (Å²) in [5.74, 6) is 0.830. The minimum atomic E-state index is -3.12. The first-order valence-corrected chi connectivity index (χ1v) is 10.5. The van der Waals surface area contributed by atoms with Gasteiger partial charge in [-0.25, -0.2) is 8.42 Å². The highest BCUT2D eigenvalue weighted by atomic mass is 127. The van der Waals surface area contributed by atoms with Gasteiger partial charge < -0.3 is 10.6 Å². The summed E-state index contributed by atoms with van der Waals surface area (Å²) in [7, 11) is -1.34. The predicted octanol–water partition coefficient (Wildman–Crippen LogP) is 3.00. The molecule has 0 radical (unpaired) electrons. The fourth-order valence-corrected chi connectivity index (χ4v) is 3.78. The smallest absolute Gasteiger partial charge is 0.191 e. The molecule has 142 valence electrons. The first-order chi connectivity index (χ1) is 11.3. The van der Waals surface area contributed by atoms with Crippen LogP contribution in [0, 0.1) is 5.41 Å². The van der Waals surface area contributed by atoms with Crippen LogP contribution in [0.2, 0.25) is 0 Å². The van der Waals surface area contributed by atoms with E-state index in [1.807, 2.05) is 12.1 Å². The average Bonchev–Trinajstić information content (AvgIpc) is 2.97. The Morgan fingerprint density at radius 2 is 1.76 bits per heavy atom. The van der Waals surface area contributed by atoms with Crippen LogP contribution in [-0.2, 0) is 16.3 Å². The van der Waals surface area contributed by atoms with Gasteiger partial charge in [0.05, 0.1) is 4.90 Å². The van der Waals surface area contributed by atoms with Crippen molar-refractivity contribution in [3.8, 4) is 0 Å². The SMILES string of the molecule is CN=C(NCCc1ccc(S(C)(=O)=O)cc1)NCC1(C)CCCC1.I. The van der Waals surface area contributed by atoms with Gasteiger partial charge in [0.2, 0.25) is 0 Å². The molecular formula is C18H30IN3O2S. The molecule has 0 amide bonds. The van der Waals surface area contributed by atoms with E-state index in [-0.39, 0.29) is 24.0 Å². The topological polar surface area (TPSA) is 70.6 Å². The molecule has 0 heterocycles. The number of aliphatic imine (C=N–C) groups is 1. The predicted molar refractivity (Wildman–Crippen MR) is 115 cm³/mol. The molecule has 1 aromatic carbocycles. The van der Waals surface area contributed by atoms with Crippen LogP contribution in [0.15, 0.2) is 34.2 Å². The van der Waals surface area contributed by atoms with E-state index in [9.17, 15) is 8.42 Å². The van der Waals surface area contributed by atoms with Gasteiger partial charge >= 0.3 is 0 Å². The fourth-order valence-electron chi connectivity index (χ4n) is 3.15. The number of benzene rings is 1. The second-order valence-electron chi connectivity index (χ2n) is 7.04. The van der Waals surface area contributed by atoms with Crippen molar-refractivity contribution < 1.29 is 8.42 Å². The summed E-state index contributed by atoms with van der Waals surface area (Å²) in [6.45, 7) is 4.05. The third-order valence-electron chi connectivity index (χ3n) is 4.77. The maximum absolute atomic E-state index is 11.5. The molecule has 0 saturated heterocycles. The van der Waals surface area contributed by atoms with Crippen LogP contribution in [-0.4, -0.2) is 40.8 Å². The molecule has 2 N–H and O–H groups in total. The van der Waals surface area contributed by atoms with Gasteiger partial charge in [-0.2, -0.15) is 0 Å². The Morgan fingerprint density at radius 1 is 1.16 bits per heavy atom. The molecule has 0 atom stereocenters. The minimum Gasteiger partial charge on any atom is -0.356 e. The molecule has 0 unspecified atom stereocenters. The van der Waals surface area contributed by atoms with Crippen molar-refractivity contribution in [3.05, 3.63) is 29.8 Å². The Bertz CT molecular complexity index is 666. The molecule has 0 bridgehead atoms. The molecular weight excluding hydrogens is 449 g/mol. The standard InChI is InChI=1S/C18H29N3O2S.HI/c1-18(11-4-5-12-18)14-21-17(19-2)20-13-10-15-6-8-16(9-7-15)24(3,22)23;/h6-9H,4-5,10-14H2,1-3H3,(H2,19,20,21);1H.